The average Bonchev–Trinajstić information content (AvgIpc) is 2.37. The Morgan fingerprint density at radius 3 is 2.53 bits per heavy atom. The van der Waals surface area contributed by atoms with E-state index in [0.29, 0.717) is 12.0 Å². The quantitative estimate of drug-likeness (QED) is 0.658. The second kappa shape index (κ2) is 7.33. The zero-order valence-electron chi connectivity index (χ0n) is 10.8. The van der Waals surface area contributed by atoms with Crippen LogP contribution in [0.3, 0.4) is 0 Å². The van der Waals surface area contributed by atoms with Crippen LogP contribution in [0.15, 0.2) is 30.3 Å². The van der Waals surface area contributed by atoms with Crippen LogP contribution in [0.1, 0.15) is 29.3 Å². The van der Waals surface area contributed by atoms with Crippen molar-refractivity contribution < 1.29 is 14.7 Å². The Morgan fingerprint density at radius 2 is 2.00 bits per heavy atom. The maximum atomic E-state index is 11.5. The van der Waals surface area contributed by atoms with Crippen LogP contribution in [0, 0.1) is 0 Å². The summed E-state index contributed by atoms with van der Waals surface area (Å²) in [5.41, 5.74) is 6.36. The number of aliphatic hydroxyl groups is 1. The summed E-state index contributed by atoms with van der Waals surface area (Å²) in [6.45, 7) is 1.86. The zero-order chi connectivity index (χ0) is 14.3. The minimum Gasteiger partial charge on any atom is -0.396 e. The van der Waals surface area contributed by atoms with Gasteiger partial charge in [0.05, 0.1) is 0 Å². The van der Waals surface area contributed by atoms with Crippen molar-refractivity contribution in [3.05, 3.63) is 41.5 Å². The Labute approximate surface area is 112 Å². The summed E-state index contributed by atoms with van der Waals surface area (Å²) < 4.78 is 0. The molecule has 19 heavy (non-hydrogen) atoms. The van der Waals surface area contributed by atoms with E-state index in [1.807, 2.05) is 6.92 Å². The van der Waals surface area contributed by atoms with Crippen LogP contribution in [-0.4, -0.2) is 29.6 Å². The second-order valence-electron chi connectivity index (χ2n) is 4.24. The molecule has 0 aliphatic rings. The summed E-state index contributed by atoms with van der Waals surface area (Å²) in [5, 5.41) is 11.4. The fraction of sp³-hybridized carbons (Fsp3) is 0.286. The third-order valence-electron chi connectivity index (χ3n) is 2.57. The number of primary amides is 1. The van der Waals surface area contributed by atoms with Crippen molar-refractivity contribution in [2.75, 3.05) is 6.61 Å². The molecule has 0 aromatic heterocycles. The smallest absolute Gasteiger partial charge is 0.248 e. The van der Waals surface area contributed by atoms with Gasteiger partial charge in [-0.2, -0.15) is 0 Å². The van der Waals surface area contributed by atoms with Crippen LogP contribution in [0.4, 0.5) is 0 Å². The van der Waals surface area contributed by atoms with Crippen molar-refractivity contribution in [2.45, 2.75) is 19.4 Å². The predicted octanol–water partition coefficient (Wildman–Crippen LogP) is 0.686. The van der Waals surface area contributed by atoms with Gasteiger partial charge in [-0.25, -0.2) is 0 Å². The van der Waals surface area contributed by atoms with Crippen LogP contribution in [-0.2, 0) is 4.79 Å². The molecular weight excluding hydrogens is 244 g/mol. The second-order valence-corrected chi connectivity index (χ2v) is 4.24. The van der Waals surface area contributed by atoms with Crippen LogP contribution in [0.2, 0.25) is 0 Å². The standard InChI is InChI=1S/C14H18N2O3/c1-10(8-9-17)16-13(18)7-4-11-2-5-12(6-3-11)14(15)19/h2-7,10,17H,8-9H2,1H3,(H2,15,19)(H,16,18)/b7-4+. The first-order chi connectivity index (χ1) is 9.02. The number of hydrogen-bond donors (Lipinski definition) is 3. The third-order valence-corrected chi connectivity index (χ3v) is 2.57. The zero-order valence-corrected chi connectivity index (χ0v) is 10.8. The Kier molecular flexibility index (Phi) is 5.75. The maximum Gasteiger partial charge on any atom is 0.248 e. The highest BCUT2D eigenvalue weighted by Gasteiger charge is 2.03. The summed E-state index contributed by atoms with van der Waals surface area (Å²) in [5.74, 6) is -0.703. The van der Waals surface area contributed by atoms with Crippen LogP contribution < -0.4 is 11.1 Å². The third kappa shape index (κ3) is 5.35. The van der Waals surface area contributed by atoms with Crippen molar-refractivity contribution in [1.82, 2.24) is 5.32 Å². The van der Waals surface area contributed by atoms with Gasteiger partial charge < -0.3 is 16.2 Å². The molecule has 0 aliphatic carbocycles. The summed E-state index contributed by atoms with van der Waals surface area (Å²) in [6, 6.07) is 6.56. The van der Waals surface area contributed by atoms with E-state index >= 15 is 0 Å². The summed E-state index contributed by atoms with van der Waals surface area (Å²) in [6.07, 6.45) is 3.58. The van der Waals surface area contributed by atoms with Gasteiger partial charge in [-0.1, -0.05) is 12.1 Å². The van der Waals surface area contributed by atoms with Gasteiger partial charge in [0.25, 0.3) is 0 Å². The lowest BCUT2D eigenvalue weighted by Gasteiger charge is -2.09. The van der Waals surface area contributed by atoms with Crippen LogP contribution in [0.25, 0.3) is 6.08 Å². The first-order valence-corrected chi connectivity index (χ1v) is 6.02. The van der Waals surface area contributed by atoms with Crippen molar-refractivity contribution in [3.63, 3.8) is 0 Å². The SMILES string of the molecule is CC(CCO)NC(=O)/C=C/c1ccc(C(N)=O)cc1. The van der Waals surface area contributed by atoms with Crippen molar-refractivity contribution in [2.24, 2.45) is 5.73 Å². The molecule has 1 unspecified atom stereocenters. The van der Waals surface area contributed by atoms with Crippen molar-refractivity contribution in [1.29, 1.82) is 0 Å². The number of nitrogens with one attached hydrogen (secondary N) is 1. The number of carbonyl (C=O) groups excluding carboxylic acids is 2. The molecule has 0 heterocycles. The lowest BCUT2D eigenvalue weighted by molar-refractivity contribution is -0.117. The highest BCUT2D eigenvalue weighted by Crippen LogP contribution is 2.05. The Hall–Kier alpha value is -2.14. The molecule has 0 saturated carbocycles. The average molecular weight is 262 g/mol. The highest BCUT2D eigenvalue weighted by molar-refractivity contribution is 5.94. The van der Waals surface area contributed by atoms with Gasteiger partial charge in [0, 0.05) is 24.3 Å². The van der Waals surface area contributed by atoms with Gasteiger partial charge in [0.1, 0.15) is 0 Å². The molecule has 1 aromatic rings. The lowest BCUT2D eigenvalue weighted by atomic mass is 10.1. The van der Waals surface area contributed by atoms with E-state index < -0.39 is 5.91 Å². The molecule has 5 heteroatoms. The number of carbonyl (C=O) groups is 2. The molecule has 0 fully saturated rings. The molecule has 102 valence electrons. The molecule has 0 spiro atoms. The number of amides is 2. The topological polar surface area (TPSA) is 92.4 Å². The van der Waals surface area contributed by atoms with Crippen molar-refractivity contribution >= 4 is 17.9 Å². The van der Waals surface area contributed by atoms with E-state index in [0.717, 1.165) is 5.56 Å². The molecule has 0 bridgehead atoms. The molecular formula is C14H18N2O3. The molecule has 5 nitrogen and oxygen atoms in total. The fourth-order valence-corrected chi connectivity index (χ4v) is 1.49. The van der Waals surface area contributed by atoms with Gasteiger partial charge in [0.2, 0.25) is 11.8 Å². The Morgan fingerprint density at radius 1 is 1.37 bits per heavy atom. The molecule has 2 amide bonds. The fourth-order valence-electron chi connectivity index (χ4n) is 1.49. The van der Waals surface area contributed by atoms with Gasteiger partial charge in [0.15, 0.2) is 0 Å². The summed E-state index contributed by atoms with van der Waals surface area (Å²) in [7, 11) is 0. The number of nitrogens with two attached hydrogens (primary N) is 1. The number of aliphatic hydroxyl groups excluding tert-OH is 1. The maximum absolute atomic E-state index is 11.5. The highest BCUT2D eigenvalue weighted by atomic mass is 16.3. The molecule has 1 aromatic carbocycles. The summed E-state index contributed by atoms with van der Waals surface area (Å²) in [4.78, 5) is 22.4. The number of hydrogen-bond acceptors (Lipinski definition) is 3. The lowest BCUT2D eigenvalue weighted by Crippen LogP contribution is -2.31. The Bertz CT molecular complexity index is 466. The van der Waals surface area contributed by atoms with Gasteiger partial charge in [-0.05, 0) is 37.1 Å². The Balaban J connectivity index is 2.56. The molecule has 4 N–H and O–H groups in total. The number of benzene rings is 1. The van der Waals surface area contributed by atoms with E-state index in [9.17, 15) is 9.59 Å². The number of rotatable bonds is 6. The van der Waals surface area contributed by atoms with E-state index in [2.05, 4.69) is 5.32 Å². The van der Waals surface area contributed by atoms with E-state index in [1.165, 1.54) is 6.08 Å². The first kappa shape index (κ1) is 14.9. The first-order valence-electron chi connectivity index (χ1n) is 6.02. The molecule has 1 rings (SSSR count). The molecule has 0 radical (unpaired) electrons. The minimum atomic E-state index is -0.480. The predicted molar refractivity (Wildman–Crippen MR) is 73.3 cm³/mol. The van der Waals surface area contributed by atoms with E-state index in [4.69, 9.17) is 10.8 Å². The molecule has 1 atom stereocenters. The van der Waals surface area contributed by atoms with Gasteiger partial charge >= 0.3 is 0 Å². The minimum absolute atomic E-state index is 0.0414. The van der Waals surface area contributed by atoms with Crippen LogP contribution in [0.5, 0.6) is 0 Å². The summed E-state index contributed by atoms with van der Waals surface area (Å²) >= 11 is 0. The molecule has 0 saturated heterocycles. The molecule has 0 aliphatic heterocycles. The normalized spacial score (nSPS) is 12.3. The van der Waals surface area contributed by atoms with Gasteiger partial charge in [-0.3, -0.25) is 9.59 Å². The van der Waals surface area contributed by atoms with Gasteiger partial charge in [-0.15, -0.1) is 0 Å². The van der Waals surface area contributed by atoms with E-state index in [-0.39, 0.29) is 18.6 Å². The monoisotopic (exact) mass is 262 g/mol. The van der Waals surface area contributed by atoms with E-state index in [1.54, 1.807) is 30.3 Å². The van der Waals surface area contributed by atoms with Crippen molar-refractivity contribution in [3.8, 4) is 0 Å². The largest absolute Gasteiger partial charge is 0.396 e. The van der Waals surface area contributed by atoms with Crippen LogP contribution >= 0.6 is 0 Å².